The maximum Gasteiger partial charge on any atom is 0.135 e. The molecule has 7 nitrogen and oxygen atoms in total. The van der Waals surface area contributed by atoms with E-state index in [-0.39, 0.29) is 0 Å². The van der Waals surface area contributed by atoms with Crippen molar-refractivity contribution < 1.29 is 0 Å². The molecule has 138 valence electrons. The van der Waals surface area contributed by atoms with Gasteiger partial charge in [0.25, 0.3) is 0 Å². The van der Waals surface area contributed by atoms with Gasteiger partial charge in [-0.05, 0) is 42.4 Å². The first-order valence-electron chi connectivity index (χ1n) is 9.25. The monoisotopic (exact) mass is 369 g/mol. The minimum absolute atomic E-state index is 0.791. The zero-order valence-electron chi connectivity index (χ0n) is 15.4. The summed E-state index contributed by atoms with van der Waals surface area (Å²) in [5.41, 5.74) is 7.41. The second kappa shape index (κ2) is 6.86. The summed E-state index contributed by atoms with van der Waals surface area (Å²) < 4.78 is 0. The molecule has 0 aliphatic rings. The van der Waals surface area contributed by atoms with E-state index in [1.165, 1.54) is 0 Å². The molecule has 0 fully saturated rings. The van der Waals surface area contributed by atoms with Crippen LogP contribution in [0.2, 0.25) is 0 Å². The number of hydrogen-bond donors (Lipinski definition) is 3. The lowest BCUT2D eigenvalue weighted by Crippen LogP contribution is -2.11. The summed E-state index contributed by atoms with van der Waals surface area (Å²) in [6.45, 7) is 3.81. The van der Waals surface area contributed by atoms with E-state index >= 15 is 0 Å². The highest BCUT2D eigenvalue weighted by molar-refractivity contribution is 5.94. The molecule has 0 radical (unpaired) electrons. The average molecular weight is 369 g/mol. The van der Waals surface area contributed by atoms with Crippen molar-refractivity contribution in [3.05, 3.63) is 60.7 Å². The molecule has 5 aromatic heterocycles. The van der Waals surface area contributed by atoms with E-state index in [9.17, 15) is 0 Å². The second-order valence-electron chi connectivity index (χ2n) is 6.67. The van der Waals surface area contributed by atoms with Gasteiger partial charge in [-0.1, -0.05) is 6.92 Å². The van der Waals surface area contributed by atoms with E-state index in [0.717, 1.165) is 63.2 Å². The quantitative estimate of drug-likeness (QED) is 0.439. The number of nitrogens with one attached hydrogen (secondary N) is 3. The number of aromatic nitrogens is 6. The lowest BCUT2D eigenvalue weighted by molar-refractivity contribution is 0.724. The van der Waals surface area contributed by atoms with Gasteiger partial charge < -0.3 is 10.3 Å². The fourth-order valence-corrected chi connectivity index (χ4v) is 3.34. The van der Waals surface area contributed by atoms with E-state index in [1.54, 1.807) is 6.20 Å². The van der Waals surface area contributed by atoms with Gasteiger partial charge >= 0.3 is 0 Å². The Morgan fingerprint density at radius 1 is 1.00 bits per heavy atom. The van der Waals surface area contributed by atoms with E-state index in [4.69, 9.17) is 4.98 Å². The molecule has 0 unspecified atom stereocenters. The molecule has 3 N–H and O–H groups in total. The van der Waals surface area contributed by atoms with E-state index in [1.807, 2.05) is 36.8 Å². The van der Waals surface area contributed by atoms with Gasteiger partial charge in [0.05, 0.1) is 28.6 Å². The number of hydrogen-bond acceptors (Lipinski definition) is 5. The van der Waals surface area contributed by atoms with Crippen LogP contribution in [0, 0.1) is 0 Å². The highest BCUT2D eigenvalue weighted by atomic mass is 15.1. The highest BCUT2D eigenvalue weighted by Crippen LogP contribution is 2.29. The van der Waals surface area contributed by atoms with Crippen molar-refractivity contribution in [2.24, 2.45) is 0 Å². The Morgan fingerprint density at radius 2 is 1.96 bits per heavy atom. The van der Waals surface area contributed by atoms with Crippen LogP contribution in [0.5, 0.6) is 0 Å². The summed E-state index contributed by atoms with van der Waals surface area (Å²) in [4.78, 5) is 16.8. The molecule has 0 saturated heterocycles. The average Bonchev–Trinajstić information content (AvgIpc) is 3.35. The number of H-pyrrole nitrogens is 2. The topological polar surface area (TPSA) is 95.2 Å². The summed E-state index contributed by atoms with van der Waals surface area (Å²) in [5.74, 6) is 0. The van der Waals surface area contributed by atoms with E-state index in [2.05, 4.69) is 49.5 Å². The first-order valence-corrected chi connectivity index (χ1v) is 9.25. The maximum absolute atomic E-state index is 4.88. The molecule has 0 bridgehead atoms. The molecule has 0 spiro atoms. The number of nitrogens with zero attached hydrogens (tertiary/aromatic N) is 4. The van der Waals surface area contributed by atoms with E-state index in [0.29, 0.717) is 0 Å². The van der Waals surface area contributed by atoms with E-state index < -0.39 is 0 Å². The van der Waals surface area contributed by atoms with Gasteiger partial charge in [-0.15, -0.1) is 0 Å². The van der Waals surface area contributed by atoms with Gasteiger partial charge in [0.15, 0.2) is 0 Å². The molecule has 7 heteroatoms. The maximum atomic E-state index is 4.88. The Labute approximate surface area is 161 Å². The lowest BCUT2D eigenvalue weighted by Gasteiger charge is -2.05. The van der Waals surface area contributed by atoms with Gasteiger partial charge in [-0.2, -0.15) is 5.10 Å². The molecule has 5 heterocycles. The number of rotatable bonds is 5. The molecule has 0 aromatic carbocycles. The number of aromatic amines is 2. The van der Waals surface area contributed by atoms with Crippen LogP contribution < -0.4 is 5.32 Å². The third kappa shape index (κ3) is 2.91. The molecule has 0 aliphatic heterocycles. The van der Waals surface area contributed by atoms with Crippen LogP contribution in [0.3, 0.4) is 0 Å². The molecule has 0 amide bonds. The summed E-state index contributed by atoms with van der Waals surface area (Å²) in [6, 6.07) is 10.2. The summed E-state index contributed by atoms with van der Waals surface area (Å²) in [6.07, 6.45) is 7.32. The summed E-state index contributed by atoms with van der Waals surface area (Å²) in [5, 5.41) is 12.0. The molecule has 0 atom stereocenters. The molecule has 5 rings (SSSR count). The summed E-state index contributed by atoms with van der Waals surface area (Å²) in [7, 11) is 0. The van der Waals surface area contributed by atoms with Gasteiger partial charge in [0.1, 0.15) is 11.2 Å². The van der Waals surface area contributed by atoms with Crippen molar-refractivity contribution in [2.75, 3.05) is 6.54 Å². The first-order chi connectivity index (χ1) is 13.8. The standard InChI is InChI=1S/C21H19N7/c1-2-22-9-13-7-15(11-24-10-13)16-3-4-17-20(26-16)21(28-27-17)18-8-14-5-6-23-12-19(14)25-18/h3-8,10-12,22,25H,2,9H2,1H3,(H,27,28). The SMILES string of the molecule is CCNCc1cncc(-c2ccc3[nH]nc(-c4cc5ccncc5[nH]4)c3n2)c1. The molecular formula is C21H19N7. The van der Waals surface area contributed by atoms with Crippen LogP contribution in [0.1, 0.15) is 12.5 Å². The van der Waals surface area contributed by atoms with Crippen LogP contribution >= 0.6 is 0 Å². The zero-order valence-corrected chi connectivity index (χ0v) is 15.4. The fourth-order valence-electron chi connectivity index (χ4n) is 3.34. The van der Waals surface area contributed by atoms with Crippen molar-refractivity contribution in [1.29, 1.82) is 0 Å². The van der Waals surface area contributed by atoms with Crippen LogP contribution in [0.25, 0.3) is 44.6 Å². The van der Waals surface area contributed by atoms with Gasteiger partial charge in [0.2, 0.25) is 0 Å². The number of fused-ring (bicyclic) bond motifs is 2. The highest BCUT2D eigenvalue weighted by Gasteiger charge is 2.14. The normalized spacial score (nSPS) is 11.5. The molecule has 0 saturated carbocycles. The van der Waals surface area contributed by atoms with Gasteiger partial charge in [-0.25, -0.2) is 4.98 Å². The fraction of sp³-hybridized carbons (Fsp3) is 0.143. The van der Waals surface area contributed by atoms with Crippen molar-refractivity contribution in [3.63, 3.8) is 0 Å². The van der Waals surface area contributed by atoms with Crippen molar-refractivity contribution in [3.8, 4) is 22.6 Å². The van der Waals surface area contributed by atoms with Crippen molar-refractivity contribution in [1.82, 2.24) is 35.5 Å². The van der Waals surface area contributed by atoms with Crippen molar-refractivity contribution >= 4 is 21.9 Å². The Balaban J connectivity index is 1.58. The third-order valence-corrected chi connectivity index (χ3v) is 4.76. The zero-order chi connectivity index (χ0) is 18.9. The van der Waals surface area contributed by atoms with Crippen LogP contribution in [-0.4, -0.2) is 36.7 Å². The Kier molecular flexibility index (Phi) is 4.06. The smallest absolute Gasteiger partial charge is 0.135 e. The van der Waals surface area contributed by atoms with Crippen LogP contribution in [0.15, 0.2) is 55.1 Å². The third-order valence-electron chi connectivity index (χ3n) is 4.76. The first kappa shape index (κ1) is 16.6. The van der Waals surface area contributed by atoms with Crippen LogP contribution in [-0.2, 0) is 6.54 Å². The largest absolute Gasteiger partial charge is 0.352 e. The Hall–Kier alpha value is -3.58. The molecule has 5 aromatic rings. The lowest BCUT2D eigenvalue weighted by atomic mass is 10.1. The van der Waals surface area contributed by atoms with Gasteiger partial charge in [-0.3, -0.25) is 15.1 Å². The molecule has 0 aliphatic carbocycles. The Morgan fingerprint density at radius 3 is 2.86 bits per heavy atom. The molecular weight excluding hydrogens is 350 g/mol. The second-order valence-corrected chi connectivity index (χ2v) is 6.67. The molecule has 28 heavy (non-hydrogen) atoms. The predicted octanol–water partition coefficient (Wildman–Crippen LogP) is 3.67. The van der Waals surface area contributed by atoms with Crippen LogP contribution in [0.4, 0.5) is 0 Å². The van der Waals surface area contributed by atoms with Gasteiger partial charge in [0, 0.05) is 36.1 Å². The number of pyridine rings is 3. The predicted molar refractivity (Wildman–Crippen MR) is 110 cm³/mol. The minimum atomic E-state index is 0.791. The summed E-state index contributed by atoms with van der Waals surface area (Å²) >= 11 is 0. The van der Waals surface area contributed by atoms with Crippen molar-refractivity contribution in [2.45, 2.75) is 13.5 Å². The Bertz CT molecular complexity index is 1240. The minimum Gasteiger partial charge on any atom is -0.352 e.